The number of thioether (sulfide) groups is 1. The molecule has 0 aliphatic carbocycles. The van der Waals surface area contributed by atoms with Crippen molar-refractivity contribution in [1.82, 2.24) is 4.90 Å². The minimum Gasteiger partial charge on any atom is -0.493 e. The molecule has 0 saturated heterocycles. The molecule has 3 amide bonds. The lowest BCUT2D eigenvalue weighted by atomic mass is 10.1. The van der Waals surface area contributed by atoms with Crippen LogP contribution in [0.1, 0.15) is 24.2 Å². The first-order valence-corrected chi connectivity index (χ1v) is 11.8. The number of ether oxygens (including phenoxy) is 3. The van der Waals surface area contributed by atoms with Gasteiger partial charge in [0.25, 0.3) is 5.91 Å². The van der Waals surface area contributed by atoms with E-state index in [4.69, 9.17) is 14.2 Å². The molecule has 0 atom stereocenters. The van der Waals surface area contributed by atoms with Gasteiger partial charge in [-0.3, -0.25) is 14.4 Å². The quantitative estimate of drug-likeness (QED) is 0.580. The second kappa shape index (κ2) is 11.1. The highest BCUT2D eigenvalue weighted by molar-refractivity contribution is 8.00. The van der Waals surface area contributed by atoms with E-state index in [1.165, 1.54) is 38.0 Å². The summed E-state index contributed by atoms with van der Waals surface area (Å²) in [6, 6.07) is 8.50. The van der Waals surface area contributed by atoms with Crippen molar-refractivity contribution in [2.75, 3.05) is 56.9 Å². The molecule has 2 aromatic carbocycles. The fraction of sp³-hybridized carbons (Fsp3) is 0.375. The largest absolute Gasteiger partial charge is 0.493 e. The maximum absolute atomic E-state index is 12.9. The van der Waals surface area contributed by atoms with Crippen molar-refractivity contribution in [2.24, 2.45) is 0 Å². The Hall–Kier alpha value is -3.40. The third-order valence-electron chi connectivity index (χ3n) is 5.45. The van der Waals surface area contributed by atoms with Crippen LogP contribution in [0.25, 0.3) is 0 Å². The summed E-state index contributed by atoms with van der Waals surface area (Å²) in [6.45, 7) is 4.80. The molecule has 3 rings (SSSR count). The van der Waals surface area contributed by atoms with Gasteiger partial charge >= 0.3 is 0 Å². The van der Waals surface area contributed by atoms with Gasteiger partial charge in [-0.25, -0.2) is 0 Å². The molecular weight excluding hydrogens is 458 g/mol. The molecule has 182 valence electrons. The van der Waals surface area contributed by atoms with Crippen molar-refractivity contribution >= 4 is 40.9 Å². The number of amides is 3. The summed E-state index contributed by atoms with van der Waals surface area (Å²) in [6.07, 6.45) is 0. The summed E-state index contributed by atoms with van der Waals surface area (Å²) in [5.74, 6) is 0.697. The summed E-state index contributed by atoms with van der Waals surface area (Å²) in [5.41, 5.74) is 1.47. The number of hydrogen-bond donors (Lipinski definition) is 1. The Morgan fingerprint density at radius 1 is 1.03 bits per heavy atom. The minimum absolute atomic E-state index is 0.113. The Morgan fingerprint density at radius 3 is 2.24 bits per heavy atom. The molecule has 10 heteroatoms. The number of fused-ring (bicyclic) bond motifs is 1. The van der Waals surface area contributed by atoms with Gasteiger partial charge in [-0.1, -0.05) is 0 Å². The molecule has 34 heavy (non-hydrogen) atoms. The van der Waals surface area contributed by atoms with Gasteiger partial charge in [0.1, 0.15) is 6.54 Å². The van der Waals surface area contributed by atoms with Crippen molar-refractivity contribution in [3.05, 3.63) is 35.9 Å². The van der Waals surface area contributed by atoms with Gasteiger partial charge in [-0.05, 0) is 32.0 Å². The van der Waals surface area contributed by atoms with Crippen molar-refractivity contribution in [3.8, 4) is 17.2 Å². The standard InChI is InChI=1S/C24H29N3O6S/c1-6-26(7-2)24(30)15-8-9-20-17(10-15)27(22(29)14-34-20)13-21(28)25-16-11-18(31-3)23(33-5)19(12-16)32-4/h8-12H,6-7,13-14H2,1-5H3,(H,25,28). The third-order valence-corrected chi connectivity index (χ3v) is 6.50. The Kier molecular flexibility index (Phi) is 8.27. The molecule has 0 saturated carbocycles. The van der Waals surface area contributed by atoms with Crippen LogP contribution in [0.3, 0.4) is 0 Å². The monoisotopic (exact) mass is 487 g/mol. The summed E-state index contributed by atoms with van der Waals surface area (Å²) in [4.78, 5) is 42.4. The number of nitrogens with zero attached hydrogens (tertiary/aromatic N) is 2. The highest BCUT2D eigenvalue weighted by atomic mass is 32.2. The number of rotatable bonds is 9. The number of hydrogen-bond acceptors (Lipinski definition) is 7. The number of carbonyl (C=O) groups excluding carboxylic acids is 3. The van der Waals surface area contributed by atoms with E-state index in [0.717, 1.165) is 4.90 Å². The summed E-state index contributed by atoms with van der Waals surface area (Å²) >= 11 is 1.39. The molecule has 1 aliphatic rings. The van der Waals surface area contributed by atoms with Crippen LogP contribution in [-0.4, -0.2) is 69.3 Å². The number of nitrogens with one attached hydrogen (secondary N) is 1. The normalized spacial score (nSPS) is 12.6. The van der Waals surface area contributed by atoms with Crippen molar-refractivity contribution < 1.29 is 28.6 Å². The minimum atomic E-state index is -0.402. The average Bonchev–Trinajstić information content (AvgIpc) is 2.85. The maximum Gasteiger partial charge on any atom is 0.253 e. The van der Waals surface area contributed by atoms with E-state index >= 15 is 0 Å². The molecule has 1 N–H and O–H groups in total. The van der Waals surface area contributed by atoms with Crippen LogP contribution in [0.2, 0.25) is 0 Å². The lowest BCUT2D eigenvalue weighted by Crippen LogP contribution is -2.41. The second-order valence-electron chi connectivity index (χ2n) is 7.39. The number of carbonyl (C=O) groups is 3. The van der Waals surface area contributed by atoms with Crippen molar-refractivity contribution in [1.29, 1.82) is 0 Å². The SMILES string of the molecule is CCN(CC)C(=O)c1ccc2c(c1)N(CC(=O)Nc1cc(OC)c(OC)c(OC)c1)C(=O)CS2. The third kappa shape index (κ3) is 5.22. The van der Waals surface area contributed by atoms with Crippen LogP contribution in [0.5, 0.6) is 17.2 Å². The van der Waals surface area contributed by atoms with E-state index in [1.807, 2.05) is 19.9 Å². The number of anilines is 2. The van der Waals surface area contributed by atoms with E-state index in [2.05, 4.69) is 5.32 Å². The molecule has 0 spiro atoms. The molecular formula is C24H29N3O6S. The van der Waals surface area contributed by atoms with Gasteiger partial charge in [0.15, 0.2) is 11.5 Å². The van der Waals surface area contributed by atoms with E-state index < -0.39 is 5.91 Å². The van der Waals surface area contributed by atoms with E-state index in [1.54, 1.807) is 29.2 Å². The van der Waals surface area contributed by atoms with Crippen LogP contribution in [0, 0.1) is 0 Å². The summed E-state index contributed by atoms with van der Waals surface area (Å²) in [7, 11) is 4.47. The molecule has 0 bridgehead atoms. The van der Waals surface area contributed by atoms with Gasteiger partial charge in [-0.15, -0.1) is 11.8 Å². The molecule has 9 nitrogen and oxygen atoms in total. The number of methoxy groups -OCH3 is 3. The van der Waals surface area contributed by atoms with E-state index in [-0.39, 0.29) is 24.1 Å². The van der Waals surface area contributed by atoms with Crippen LogP contribution in [0.4, 0.5) is 11.4 Å². The van der Waals surface area contributed by atoms with E-state index in [9.17, 15) is 14.4 Å². The van der Waals surface area contributed by atoms with E-state index in [0.29, 0.717) is 47.3 Å². The zero-order chi connectivity index (χ0) is 24.8. The fourth-order valence-corrected chi connectivity index (χ4v) is 4.62. The summed E-state index contributed by atoms with van der Waals surface area (Å²) in [5, 5.41) is 2.78. The zero-order valence-corrected chi connectivity index (χ0v) is 20.8. The zero-order valence-electron chi connectivity index (χ0n) is 20.0. The smallest absolute Gasteiger partial charge is 0.253 e. The summed E-state index contributed by atoms with van der Waals surface area (Å²) < 4.78 is 16.0. The molecule has 0 unspecified atom stereocenters. The number of benzene rings is 2. The van der Waals surface area contributed by atoms with Gasteiger partial charge in [0, 0.05) is 41.4 Å². The molecule has 2 aromatic rings. The fourth-order valence-electron chi connectivity index (χ4n) is 3.70. The van der Waals surface area contributed by atoms with Crippen molar-refractivity contribution in [3.63, 3.8) is 0 Å². The molecule has 0 aromatic heterocycles. The van der Waals surface area contributed by atoms with Crippen LogP contribution in [-0.2, 0) is 9.59 Å². The average molecular weight is 488 g/mol. The van der Waals surface area contributed by atoms with Crippen molar-refractivity contribution in [2.45, 2.75) is 18.7 Å². The Balaban J connectivity index is 1.85. The van der Waals surface area contributed by atoms with Crippen LogP contribution in [0.15, 0.2) is 35.2 Å². The first-order valence-electron chi connectivity index (χ1n) is 10.8. The molecule has 1 heterocycles. The van der Waals surface area contributed by atoms with Gasteiger partial charge < -0.3 is 29.3 Å². The predicted octanol–water partition coefficient (Wildman–Crippen LogP) is 3.27. The molecule has 1 aliphatic heterocycles. The first-order chi connectivity index (χ1) is 16.4. The van der Waals surface area contributed by atoms with Gasteiger partial charge in [0.2, 0.25) is 17.6 Å². The van der Waals surface area contributed by atoms with Crippen LogP contribution < -0.4 is 24.4 Å². The first kappa shape index (κ1) is 25.2. The molecule has 0 fully saturated rings. The topological polar surface area (TPSA) is 97.4 Å². The Morgan fingerprint density at radius 2 is 1.68 bits per heavy atom. The maximum atomic E-state index is 12.9. The van der Waals surface area contributed by atoms with Gasteiger partial charge in [0.05, 0.1) is 32.8 Å². The lowest BCUT2D eigenvalue weighted by Gasteiger charge is -2.29. The highest BCUT2D eigenvalue weighted by Crippen LogP contribution is 2.40. The highest BCUT2D eigenvalue weighted by Gasteiger charge is 2.28. The lowest BCUT2D eigenvalue weighted by molar-refractivity contribution is -0.120. The Bertz CT molecular complexity index is 1060. The Labute approximate surface area is 203 Å². The predicted molar refractivity (Wildman–Crippen MR) is 131 cm³/mol. The molecule has 0 radical (unpaired) electrons. The second-order valence-corrected chi connectivity index (χ2v) is 8.41. The van der Waals surface area contributed by atoms with Crippen LogP contribution >= 0.6 is 11.8 Å². The van der Waals surface area contributed by atoms with Gasteiger partial charge in [-0.2, -0.15) is 0 Å².